The Balaban J connectivity index is 0.000000212. The summed E-state index contributed by atoms with van der Waals surface area (Å²) in [6.07, 6.45) is 2.98. The maximum atomic E-state index is 11.9. The highest BCUT2D eigenvalue weighted by molar-refractivity contribution is 7.85. The molecule has 2 fully saturated rings. The third-order valence-electron chi connectivity index (χ3n) is 8.62. The Labute approximate surface area is 218 Å². The molecule has 0 heterocycles. The molecule has 0 spiro atoms. The SMILES string of the molecule is CC(C)(C)c1ccc(Cc2ccc(C(C)(C)C)cc2)cc1.CC1(C)C2CCC1(CS(=O)(=O)O)C(=O)C2. The first-order valence-electron chi connectivity index (χ1n) is 13.0. The third-order valence-corrected chi connectivity index (χ3v) is 9.47. The molecule has 1 N–H and O–H groups in total. The molecule has 0 amide bonds. The summed E-state index contributed by atoms with van der Waals surface area (Å²) in [6, 6.07) is 18.1. The highest BCUT2D eigenvalue weighted by atomic mass is 32.2. The minimum Gasteiger partial charge on any atom is -0.299 e. The number of carbonyl (C=O) groups is 1. The van der Waals surface area contributed by atoms with E-state index >= 15 is 0 Å². The molecule has 2 bridgehead atoms. The van der Waals surface area contributed by atoms with Crippen molar-refractivity contribution in [1.82, 2.24) is 0 Å². The Morgan fingerprint density at radius 2 is 1.25 bits per heavy atom. The first-order chi connectivity index (χ1) is 16.3. The predicted octanol–water partition coefficient (Wildman–Crippen LogP) is 7.14. The van der Waals surface area contributed by atoms with Gasteiger partial charge in [0.05, 0.1) is 11.2 Å². The first kappa shape index (κ1) is 28.6. The van der Waals surface area contributed by atoms with E-state index in [9.17, 15) is 13.2 Å². The van der Waals surface area contributed by atoms with Gasteiger partial charge in [-0.1, -0.05) is 104 Å². The molecule has 2 aliphatic rings. The Morgan fingerprint density at radius 3 is 1.53 bits per heavy atom. The molecule has 2 atom stereocenters. The molecule has 0 saturated heterocycles. The summed E-state index contributed by atoms with van der Waals surface area (Å²) < 4.78 is 31.0. The van der Waals surface area contributed by atoms with Gasteiger partial charge in [-0.15, -0.1) is 0 Å². The van der Waals surface area contributed by atoms with Crippen molar-refractivity contribution in [2.45, 2.75) is 91.9 Å². The zero-order valence-corrected chi connectivity index (χ0v) is 24.1. The molecule has 4 nitrogen and oxygen atoms in total. The summed E-state index contributed by atoms with van der Waals surface area (Å²) in [5.41, 5.74) is 4.90. The molecule has 4 rings (SSSR count). The summed E-state index contributed by atoms with van der Waals surface area (Å²) in [7, 11) is -4.08. The Kier molecular flexibility index (Phi) is 7.72. The number of ketones is 1. The Bertz CT molecular complexity index is 1120. The van der Waals surface area contributed by atoms with Crippen LogP contribution in [0.2, 0.25) is 0 Å². The average molecular weight is 513 g/mol. The first-order valence-corrected chi connectivity index (χ1v) is 14.6. The zero-order valence-electron chi connectivity index (χ0n) is 23.3. The van der Waals surface area contributed by atoms with Gasteiger partial charge in [0.25, 0.3) is 10.1 Å². The zero-order chi connectivity index (χ0) is 27.2. The molecule has 2 aliphatic carbocycles. The lowest BCUT2D eigenvalue weighted by Gasteiger charge is -2.35. The topological polar surface area (TPSA) is 71.4 Å². The van der Waals surface area contributed by atoms with Gasteiger partial charge in [0.2, 0.25) is 0 Å². The van der Waals surface area contributed by atoms with Crippen molar-refractivity contribution in [3.8, 4) is 0 Å². The fraction of sp³-hybridized carbons (Fsp3) is 0.581. The highest BCUT2D eigenvalue weighted by Crippen LogP contribution is 2.64. The fourth-order valence-corrected chi connectivity index (χ4v) is 7.20. The van der Waals surface area contributed by atoms with Crippen molar-refractivity contribution in [2.24, 2.45) is 16.7 Å². The summed E-state index contributed by atoms with van der Waals surface area (Å²) in [4.78, 5) is 11.9. The van der Waals surface area contributed by atoms with Crippen LogP contribution >= 0.6 is 0 Å². The molecule has 5 heteroatoms. The maximum Gasteiger partial charge on any atom is 0.265 e. The molecular formula is C31H44O4S. The predicted molar refractivity (Wildman–Crippen MR) is 148 cm³/mol. The van der Waals surface area contributed by atoms with Crippen LogP contribution in [0.25, 0.3) is 0 Å². The standard InChI is InChI=1S/C21H28.C10H16O4S/c1-20(2,3)18-11-7-16(8-12-18)15-17-9-13-19(14-10-17)21(4,5)6;1-9(2)7-3-4-10(9,8(11)5-7)6-15(12,13)14/h7-14H,15H2,1-6H3;7H,3-6H2,1-2H3,(H,12,13,14). The van der Waals surface area contributed by atoms with Crippen LogP contribution in [-0.2, 0) is 32.2 Å². The third kappa shape index (κ3) is 6.11. The van der Waals surface area contributed by atoms with Gasteiger partial charge < -0.3 is 0 Å². The summed E-state index contributed by atoms with van der Waals surface area (Å²) in [5.74, 6) is -0.101. The van der Waals surface area contributed by atoms with Crippen LogP contribution in [0.3, 0.4) is 0 Å². The van der Waals surface area contributed by atoms with Crippen LogP contribution in [-0.4, -0.2) is 24.5 Å². The second-order valence-corrected chi connectivity index (χ2v) is 14.9. The summed E-state index contributed by atoms with van der Waals surface area (Å²) >= 11 is 0. The van der Waals surface area contributed by atoms with Gasteiger partial charge in [0, 0.05) is 6.42 Å². The van der Waals surface area contributed by atoms with Crippen molar-refractivity contribution in [1.29, 1.82) is 0 Å². The summed E-state index contributed by atoms with van der Waals surface area (Å²) in [5, 5.41) is 0. The molecular weight excluding hydrogens is 468 g/mol. The minimum absolute atomic E-state index is 0.0152. The van der Waals surface area contributed by atoms with Crippen LogP contribution in [0, 0.1) is 16.7 Å². The number of hydrogen-bond donors (Lipinski definition) is 1. The molecule has 2 aromatic rings. The monoisotopic (exact) mass is 512 g/mol. The van der Waals surface area contributed by atoms with Crippen LogP contribution in [0.1, 0.15) is 96.9 Å². The van der Waals surface area contributed by atoms with E-state index in [1.807, 2.05) is 13.8 Å². The van der Waals surface area contributed by atoms with Gasteiger partial charge in [0.15, 0.2) is 0 Å². The lowest BCUT2D eigenvalue weighted by Crippen LogP contribution is -2.42. The molecule has 0 radical (unpaired) electrons. The average Bonchev–Trinajstić information content (AvgIpc) is 3.07. The molecule has 0 aromatic heterocycles. The van der Waals surface area contributed by atoms with Crippen molar-refractivity contribution < 1.29 is 17.8 Å². The minimum atomic E-state index is -4.08. The van der Waals surface area contributed by atoms with E-state index in [2.05, 4.69) is 90.1 Å². The van der Waals surface area contributed by atoms with Crippen LogP contribution in [0.5, 0.6) is 0 Å². The van der Waals surface area contributed by atoms with E-state index < -0.39 is 21.3 Å². The van der Waals surface area contributed by atoms with Gasteiger partial charge in [-0.05, 0) is 63.7 Å². The van der Waals surface area contributed by atoms with Crippen LogP contribution < -0.4 is 0 Å². The normalized spacial score (nSPS) is 23.4. The Morgan fingerprint density at radius 1 is 0.833 bits per heavy atom. The second-order valence-electron chi connectivity index (χ2n) is 13.5. The largest absolute Gasteiger partial charge is 0.299 e. The second kappa shape index (κ2) is 9.72. The molecule has 198 valence electrons. The van der Waals surface area contributed by atoms with E-state index in [4.69, 9.17) is 4.55 Å². The van der Waals surface area contributed by atoms with Gasteiger partial charge in [-0.2, -0.15) is 8.42 Å². The van der Waals surface area contributed by atoms with Crippen molar-refractivity contribution >= 4 is 15.9 Å². The van der Waals surface area contributed by atoms with Gasteiger partial charge in [0.1, 0.15) is 5.78 Å². The van der Waals surface area contributed by atoms with Crippen LogP contribution in [0.4, 0.5) is 0 Å². The lowest BCUT2D eigenvalue weighted by atomic mass is 9.70. The smallest absolute Gasteiger partial charge is 0.265 e. The summed E-state index contributed by atoms with van der Waals surface area (Å²) in [6.45, 7) is 17.4. The van der Waals surface area contributed by atoms with E-state index in [1.165, 1.54) is 22.3 Å². The molecule has 36 heavy (non-hydrogen) atoms. The molecule has 2 saturated carbocycles. The van der Waals surface area contributed by atoms with E-state index in [0.29, 0.717) is 12.8 Å². The van der Waals surface area contributed by atoms with Crippen molar-refractivity contribution in [3.05, 3.63) is 70.8 Å². The van der Waals surface area contributed by atoms with Crippen LogP contribution in [0.15, 0.2) is 48.5 Å². The number of hydrogen-bond acceptors (Lipinski definition) is 3. The van der Waals surface area contributed by atoms with E-state index in [0.717, 1.165) is 12.8 Å². The number of benzene rings is 2. The fourth-order valence-electron chi connectivity index (χ4n) is 5.90. The maximum absolute atomic E-state index is 11.9. The molecule has 2 aromatic carbocycles. The lowest BCUT2D eigenvalue weighted by molar-refractivity contribution is -0.128. The van der Waals surface area contributed by atoms with E-state index in [1.54, 1.807) is 0 Å². The highest BCUT2D eigenvalue weighted by Gasteiger charge is 2.65. The molecule has 0 aliphatic heterocycles. The number of carbonyl (C=O) groups excluding carboxylic acids is 1. The quantitative estimate of drug-likeness (QED) is 0.442. The number of Topliss-reactive ketones (excluding diaryl/α,β-unsaturated/α-hetero) is 1. The van der Waals surface area contributed by atoms with Crippen molar-refractivity contribution in [3.63, 3.8) is 0 Å². The molecule has 2 unspecified atom stereocenters. The van der Waals surface area contributed by atoms with Gasteiger partial charge in [-0.3, -0.25) is 9.35 Å². The number of rotatable bonds is 4. The van der Waals surface area contributed by atoms with Crippen molar-refractivity contribution in [2.75, 3.05) is 5.75 Å². The number of fused-ring (bicyclic) bond motifs is 2. The Hall–Kier alpha value is -1.98. The van der Waals surface area contributed by atoms with E-state index in [-0.39, 0.29) is 27.9 Å². The van der Waals surface area contributed by atoms with Gasteiger partial charge in [-0.25, -0.2) is 0 Å². The van der Waals surface area contributed by atoms with Gasteiger partial charge >= 0.3 is 0 Å².